The van der Waals surface area contributed by atoms with Gasteiger partial charge in [0.25, 0.3) is 0 Å². The minimum absolute atomic E-state index is 0.275. The summed E-state index contributed by atoms with van der Waals surface area (Å²) in [6.45, 7) is 8.03. The van der Waals surface area contributed by atoms with Gasteiger partial charge in [0.1, 0.15) is 5.76 Å². The summed E-state index contributed by atoms with van der Waals surface area (Å²) in [5.41, 5.74) is 3.14. The second-order valence-corrected chi connectivity index (χ2v) is 5.23. The molecule has 0 saturated carbocycles. The molecule has 1 aliphatic heterocycles. The van der Waals surface area contributed by atoms with Gasteiger partial charge in [-0.3, -0.25) is 15.1 Å². The lowest BCUT2D eigenvalue weighted by Crippen LogP contribution is -2.49. The Hall–Kier alpha value is -1.37. The Morgan fingerprint density at radius 3 is 2.95 bits per heavy atom. The highest BCUT2D eigenvalue weighted by molar-refractivity contribution is 5.91. The Morgan fingerprint density at radius 1 is 1.58 bits per heavy atom. The fraction of sp³-hybridized carbons (Fsp3) is 0.615. The third kappa shape index (κ3) is 3.15. The van der Waals surface area contributed by atoms with Crippen LogP contribution < -0.4 is 11.3 Å². The third-order valence-electron chi connectivity index (χ3n) is 3.81. The van der Waals surface area contributed by atoms with Crippen molar-refractivity contribution in [3.05, 3.63) is 23.2 Å². The maximum atomic E-state index is 11.4. The molecule has 106 valence electrons. The van der Waals surface area contributed by atoms with Crippen LogP contribution in [0.25, 0.3) is 0 Å². The fourth-order valence-corrected chi connectivity index (χ4v) is 2.37. The van der Waals surface area contributed by atoms with Crippen LogP contribution in [-0.4, -0.2) is 48.4 Å². The maximum absolute atomic E-state index is 11.4. The molecule has 6 heteroatoms. The summed E-state index contributed by atoms with van der Waals surface area (Å²) in [5.74, 6) is 5.78. The normalized spacial score (nSPS) is 21.6. The lowest BCUT2D eigenvalue weighted by Gasteiger charge is -2.37. The molecule has 1 fully saturated rings. The highest BCUT2D eigenvalue weighted by Crippen LogP contribution is 2.18. The maximum Gasteiger partial charge on any atom is 0.300 e. The Bertz CT molecular complexity index is 457. The van der Waals surface area contributed by atoms with Crippen molar-refractivity contribution < 1.29 is 9.21 Å². The van der Waals surface area contributed by atoms with E-state index in [1.54, 1.807) is 6.07 Å². The van der Waals surface area contributed by atoms with Gasteiger partial charge in [-0.1, -0.05) is 0 Å². The number of nitrogen functional groups attached to an aromatic ring is 1. The van der Waals surface area contributed by atoms with Crippen LogP contribution in [0.5, 0.6) is 0 Å². The van der Waals surface area contributed by atoms with E-state index in [1.165, 1.54) is 0 Å². The van der Waals surface area contributed by atoms with Crippen LogP contribution in [0.3, 0.4) is 0 Å². The zero-order valence-electron chi connectivity index (χ0n) is 11.8. The summed E-state index contributed by atoms with van der Waals surface area (Å²) in [7, 11) is 2.15. The standard InChI is InChI=1S/C13H22N4O2/c1-9-7-17(5-4-16(9)3)8-11-6-12(13(18)15-14)19-10(11)2/h6,9H,4-5,7-8,14H2,1-3H3,(H,15,18). The molecule has 1 aliphatic rings. The number of nitrogens with zero attached hydrogens (tertiary/aromatic N) is 2. The SMILES string of the molecule is Cc1oc(C(=O)NN)cc1CN1CCN(C)C(C)C1. The van der Waals surface area contributed by atoms with Crippen molar-refractivity contribution in [2.75, 3.05) is 26.7 Å². The lowest BCUT2D eigenvalue weighted by molar-refractivity contribution is 0.0924. The van der Waals surface area contributed by atoms with Gasteiger partial charge in [-0.2, -0.15) is 0 Å². The number of carbonyl (C=O) groups excluding carboxylic acids is 1. The van der Waals surface area contributed by atoms with E-state index in [0.29, 0.717) is 6.04 Å². The van der Waals surface area contributed by atoms with Gasteiger partial charge in [0.2, 0.25) is 0 Å². The van der Waals surface area contributed by atoms with Gasteiger partial charge in [-0.25, -0.2) is 5.84 Å². The second kappa shape index (κ2) is 5.73. The predicted octanol–water partition coefficient (Wildman–Crippen LogP) is 0.327. The first-order valence-corrected chi connectivity index (χ1v) is 6.54. The molecule has 3 N–H and O–H groups in total. The average Bonchev–Trinajstić information content (AvgIpc) is 2.74. The number of piperazine rings is 1. The van der Waals surface area contributed by atoms with E-state index in [9.17, 15) is 4.79 Å². The Kier molecular flexibility index (Phi) is 4.24. The Balaban J connectivity index is 2.03. The highest BCUT2D eigenvalue weighted by atomic mass is 16.4. The number of aryl methyl sites for hydroxylation is 1. The topological polar surface area (TPSA) is 74.7 Å². The van der Waals surface area contributed by atoms with E-state index in [2.05, 4.69) is 29.2 Å². The van der Waals surface area contributed by atoms with E-state index >= 15 is 0 Å². The summed E-state index contributed by atoms with van der Waals surface area (Å²) in [6.07, 6.45) is 0. The van der Waals surface area contributed by atoms with Crippen molar-refractivity contribution >= 4 is 5.91 Å². The van der Waals surface area contributed by atoms with Crippen molar-refractivity contribution in [1.82, 2.24) is 15.2 Å². The van der Waals surface area contributed by atoms with Crippen LogP contribution >= 0.6 is 0 Å². The van der Waals surface area contributed by atoms with E-state index in [1.807, 2.05) is 6.92 Å². The number of amides is 1. The number of carbonyl (C=O) groups is 1. The summed E-state index contributed by atoms with van der Waals surface area (Å²) in [6, 6.07) is 2.33. The molecule has 0 spiro atoms. The molecule has 1 aromatic heterocycles. The fourth-order valence-electron chi connectivity index (χ4n) is 2.37. The first-order chi connectivity index (χ1) is 9.01. The molecule has 1 amide bonds. The molecule has 1 saturated heterocycles. The lowest BCUT2D eigenvalue weighted by atomic mass is 10.1. The zero-order chi connectivity index (χ0) is 14.0. The molecule has 0 bridgehead atoms. The number of rotatable bonds is 3. The largest absolute Gasteiger partial charge is 0.456 e. The van der Waals surface area contributed by atoms with Crippen LogP contribution in [-0.2, 0) is 6.54 Å². The third-order valence-corrected chi connectivity index (χ3v) is 3.81. The molecule has 1 atom stereocenters. The second-order valence-electron chi connectivity index (χ2n) is 5.23. The number of hydrazine groups is 1. The predicted molar refractivity (Wildman–Crippen MR) is 72.5 cm³/mol. The minimum Gasteiger partial charge on any atom is -0.456 e. The molecule has 1 unspecified atom stereocenters. The van der Waals surface area contributed by atoms with Gasteiger partial charge in [-0.05, 0) is 27.0 Å². The van der Waals surface area contributed by atoms with Crippen LogP contribution in [0.1, 0.15) is 28.8 Å². The van der Waals surface area contributed by atoms with E-state index in [0.717, 1.165) is 37.5 Å². The molecule has 19 heavy (non-hydrogen) atoms. The van der Waals surface area contributed by atoms with Gasteiger partial charge >= 0.3 is 5.91 Å². The van der Waals surface area contributed by atoms with Gasteiger partial charge < -0.3 is 9.32 Å². The summed E-state index contributed by atoms with van der Waals surface area (Å²) >= 11 is 0. The van der Waals surface area contributed by atoms with Gasteiger partial charge in [0, 0.05) is 37.8 Å². The molecule has 0 radical (unpaired) electrons. The monoisotopic (exact) mass is 266 g/mol. The summed E-state index contributed by atoms with van der Waals surface area (Å²) < 4.78 is 5.43. The van der Waals surface area contributed by atoms with E-state index in [-0.39, 0.29) is 11.7 Å². The first kappa shape index (κ1) is 14.0. The van der Waals surface area contributed by atoms with Crippen molar-refractivity contribution in [2.24, 2.45) is 5.84 Å². The van der Waals surface area contributed by atoms with Crippen molar-refractivity contribution in [3.8, 4) is 0 Å². The van der Waals surface area contributed by atoms with Gasteiger partial charge in [-0.15, -0.1) is 0 Å². The molecule has 2 rings (SSSR count). The van der Waals surface area contributed by atoms with Crippen LogP contribution in [0, 0.1) is 6.92 Å². The molecule has 1 aromatic rings. The number of nitrogens with one attached hydrogen (secondary N) is 1. The van der Waals surface area contributed by atoms with Crippen molar-refractivity contribution in [1.29, 1.82) is 0 Å². The quantitative estimate of drug-likeness (QED) is 0.468. The zero-order valence-corrected chi connectivity index (χ0v) is 11.8. The van der Waals surface area contributed by atoms with Crippen molar-refractivity contribution in [2.45, 2.75) is 26.4 Å². The molecular formula is C13H22N4O2. The summed E-state index contributed by atoms with van der Waals surface area (Å²) in [5, 5.41) is 0. The Morgan fingerprint density at radius 2 is 2.32 bits per heavy atom. The minimum atomic E-state index is -0.388. The Labute approximate surface area is 113 Å². The molecule has 0 aromatic carbocycles. The number of hydrogen-bond donors (Lipinski definition) is 2. The number of furan rings is 1. The van der Waals surface area contributed by atoms with Crippen LogP contribution in [0.15, 0.2) is 10.5 Å². The van der Waals surface area contributed by atoms with Gasteiger partial charge in [0.05, 0.1) is 0 Å². The smallest absolute Gasteiger partial charge is 0.300 e. The highest BCUT2D eigenvalue weighted by Gasteiger charge is 2.22. The number of likely N-dealkylation sites (N-methyl/N-ethyl adjacent to an activating group) is 1. The molecule has 6 nitrogen and oxygen atoms in total. The first-order valence-electron chi connectivity index (χ1n) is 6.54. The summed E-state index contributed by atoms with van der Waals surface area (Å²) in [4.78, 5) is 16.2. The number of hydrogen-bond acceptors (Lipinski definition) is 5. The van der Waals surface area contributed by atoms with Crippen LogP contribution in [0.4, 0.5) is 0 Å². The van der Waals surface area contributed by atoms with E-state index in [4.69, 9.17) is 10.3 Å². The van der Waals surface area contributed by atoms with Crippen LogP contribution in [0.2, 0.25) is 0 Å². The van der Waals surface area contributed by atoms with E-state index < -0.39 is 0 Å². The molecule has 2 heterocycles. The molecular weight excluding hydrogens is 244 g/mol. The van der Waals surface area contributed by atoms with Crippen molar-refractivity contribution in [3.63, 3.8) is 0 Å². The average molecular weight is 266 g/mol. The number of nitrogens with two attached hydrogens (primary N) is 1. The van der Waals surface area contributed by atoms with Gasteiger partial charge in [0.15, 0.2) is 5.76 Å². The molecule has 0 aliphatic carbocycles.